The molecule has 0 atom stereocenters. The molecule has 5 aromatic rings. The van der Waals surface area contributed by atoms with Crippen LogP contribution in [0.15, 0.2) is 131 Å². The van der Waals surface area contributed by atoms with Crippen LogP contribution in [-0.2, 0) is 28.8 Å². The number of unbranched alkanes of at least 4 members (excludes halogenated alkanes) is 18. The zero-order valence-corrected chi connectivity index (χ0v) is 42.8. The van der Waals surface area contributed by atoms with Gasteiger partial charge >= 0.3 is 20.2 Å². The fraction of sp³-hybridized carbons (Fsp3) is 0.414. The molecule has 0 saturated heterocycles. The molecule has 0 heterocycles. The van der Waals surface area contributed by atoms with Crippen LogP contribution in [0.1, 0.15) is 165 Å². The first-order valence-electron chi connectivity index (χ1n) is 25.3. The molecule has 70 heavy (non-hydrogen) atoms. The average Bonchev–Trinajstić information content (AvgIpc) is 3.38. The van der Waals surface area contributed by atoms with Gasteiger partial charge in [0.25, 0.3) is 0 Å². The van der Waals surface area contributed by atoms with Gasteiger partial charge in [-0.25, -0.2) is 11.0 Å². The Morgan fingerprint density at radius 2 is 0.700 bits per heavy atom. The van der Waals surface area contributed by atoms with Crippen LogP contribution in [0.4, 0.5) is 11.4 Å². The molecule has 0 aliphatic rings. The minimum atomic E-state index is -4.10. The average molecular weight is 989 g/mol. The summed E-state index contributed by atoms with van der Waals surface area (Å²) >= 11 is 0. The van der Waals surface area contributed by atoms with Gasteiger partial charge < -0.3 is 9.47 Å². The predicted octanol–water partition coefficient (Wildman–Crippen LogP) is 14.6. The summed E-state index contributed by atoms with van der Waals surface area (Å²) in [6.07, 6.45) is 24.1. The summed E-state index contributed by atoms with van der Waals surface area (Å²) in [5, 5.41) is 0. The number of rotatable bonds is 32. The number of hydrogen-bond donors (Lipinski definition) is 2. The number of anilines is 2. The van der Waals surface area contributed by atoms with Crippen molar-refractivity contribution in [2.45, 2.75) is 152 Å². The second-order valence-corrected chi connectivity index (χ2v) is 20.6. The zero-order valence-electron chi connectivity index (χ0n) is 41.2. The summed E-state index contributed by atoms with van der Waals surface area (Å²) in [6.45, 7) is 5.48. The number of para-hydroxylation sites is 2. The normalized spacial score (nSPS) is 11.2. The molecule has 0 unspecified atom stereocenters. The van der Waals surface area contributed by atoms with Crippen LogP contribution in [-0.4, -0.2) is 30.0 Å². The lowest BCUT2D eigenvalue weighted by molar-refractivity contribution is 0.295. The van der Waals surface area contributed by atoms with Crippen LogP contribution in [0, 0.1) is 23.7 Å². The van der Waals surface area contributed by atoms with Crippen molar-refractivity contribution >= 4 is 31.6 Å². The van der Waals surface area contributed by atoms with E-state index in [4.69, 9.17) is 18.0 Å². The SMILES string of the molecule is CCCCCCCCCCCCOc1cc(C#Cc2ccc(S(=O)(=O)ONc3ccccc3)cc2)c(OCCCCCCCCCCCC)cc1C#Cc1ccc(S(=O)(=O)ONc2ccccc2)cc1. The summed E-state index contributed by atoms with van der Waals surface area (Å²) < 4.78 is 74.9. The van der Waals surface area contributed by atoms with Crippen molar-refractivity contribution in [1.29, 1.82) is 0 Å². The van der Waals surface area contributed by atoms with E-state index < -0.39 is 20.2 Å². The van der Waals surface area contributed by atoms with E-state index in [-0.39, 0.29) is 9.79 Å². The van der Waals surface area contributed by atoms with E-state index in [0.29, 0.717) is 58.3 Å². The largest absolute Gasteiger partial charge is 0.492 e. The molecular weight excluding hydrogens is 917 g/mol. The third-order valence-electron chi connectivity index (χ3n) is 11.6. The molecule has 2 N–H and O–H groups in total. The first-order chi connectivity index (χ1) is 34.2. The van der Waals surface area contributed by atoms with Crippen molar-refractivity contribution in [2.75, 3.05) is 24.2 Å². The highest BCUT2D eigenvalue weighted by atomic mass is 32.2. The molecule has 0 aromatic heterocycles. The maximum Gasteiger partial charge on any atom is 0.317 e. The van der Waals surface area contributed by atoms with Crippen LogP contribution >= 0.6 is 0 Å². The third-order valence-corrected chi connectivity index (χ3v) is 14.0. The van der Waals surface area contributed by atoms with Gasteiger partial charge in [-0.2, -0.15) is 16.8 Å². The standard InChI is InChI=1S/C58H72N2O8S2/c1-3-5-7-9-11-13-15-17-19-27-45-65-57-47-52(40-34-50-37-43-56(44-38-50)70(63,64)68-60-54-31-25-22-26-32-54)58(66-46-28-20-18-16-14-12-10-8-6-4-2)48-51(57)39-33-49-35-41-55(42-36-49)69(61,62)67-59-53-29-23-21-24-30-53/h21-26,29-32,35-38,41-44,47-48,59-60H,3-20,27-28,45-46H2,1-2H3. The van der Waals surface area contributed by atoms with E-state index in [1.54, 1.807) is 72.8 Å². The summed E-state index contributed by atoms with van der Waals surface area (Å²) in [5.74, 6) is 14.1. The van der Waals surface area contributed by atoms with Crippen LogP contribution in [0.5, 0.6) is 11.5 Å². The van der Waals surface area contributed by atoms with Crippen LogP contribution in [0.25, 0.3) is 0 Å². The van der Waals surface area contributed by atoms with Crippen molar-refractivity contribution in [1.82, 2.24) is 0 Å². The highest BCUT2D eigenvalue weighted by molar-refractivity contribution is 7.87. The van der Waals surface area contributed by atoms with Crippen LogP contribution in [0.2, 0.25) is 0 Å². The van der Waals surface area contributed by atoms with Gasteiger partial charge in [0.05, 0.1) is 45.5 Å². The lowest BCUT2D eigenvalue weighted by Crippen LogP contribution is -2.11. The summed E-state index contributed by atoms with van der Waals surface area (Å²) in [6, 6.07) is 33.7. The van der Waals surface area contributed by atoms with Gasteiger partial charge in [0, 0.05) is 23.3 Å². The molecule has 0 amide bonds. The number of benzene rings is 5. The third kappa shape index (κ3) is 20.7. The molecule has 0 bridgehead atoms. The van der Waals surface area contributed by atoms with Gasteiger partial charge in [-0.1, -0.05) is 190 Å². The molecule has 12 heteroatoms. The van der Waals surface area contributed by atoms with Crippen LogP contribution in [0.3, 0.4) is 0 Å². The Morgan fingerprint density at radius 3 is 1.03 bits per heavy atom. The van der Waals surface area contributed by atoms with Crippen molar-refractivity contribution in [3.8, 4) is 35.2 Å². The minimum absolute atomic E-state index is 0.0164. The van der Waals surface area contributed by atoms with Gasteiger partial charge in [0.1, 0.15) is 11.5 Å². The monoisotopic (exact) mass is 988 g/mol. The van der Waals surface area contributed by atoms with E-state index >= 15 is 0 Å². The highest BCUT2D eigenvalue weighted by Gasteiger charge is 2.17. The molecule has 374 valence electrons. The van der Waals surface area contributed by atoms with Gasteiger partial charge in [0.15, 0.2) is 0 Å². The van der Waals surface area contributed by atoms with E-state index in [1.807, 2.05) is 24.3 Å². The summed E-state index contributed by atoms with van der Waals surface area (Å²) in [5.41, 5.74) is 8.42. The lowest BCUT2D eigenvalue weighted by atomic mass is 10.1. The Labute approximate surface area is 419 Å². The van der Waals surface area contributed by atoms with E-state index in [2.05, 4.69) is 48.5 Å². The van der Waals surface area contributed by atoms with Gasteiger partial charge in [-0.05, 0) is 85.6 Å². The zero-order chi connectivity index (χ0) is 49.5. The van der Waals surface area contributed by atoms with Gasteiger partial charge in [-0.3, -0.25) is 0 Å². The highest BCUT2D eigenvalue weighted by Crippen LogP contribution is 2.30. The Hall–Kier alpha value is -5.76. The lowest BCUT2D eigenvalue weighted by Gasteiger charge is -2.14. The van der Waals surface area contributed by atoms with Crippen molar-refractivity contribution < 1.29 is 34.9 Å². The molecular formula is C58H72N2O8S2. The molecule has 0 fully saturated rings. The fourth-order valence-corrected chi connectivity index (χ4v) is 9.08. The molecule has 0 radical (unpaired) electrons. The van der Waals surface area contributed by atoms with Gasteiger partial charge in [-0.15, -0.1) is 8.57 Å². The van der Waals surface area contributed by atoms with Crippen molar-refractivity contribution in [2.24, 2.45) is 0 Å². The molecule has 5 aromatic carbocycles. The minimum Gasteiger partial charge on any atom is -0.492 e. The first-order valence-corrected chi connectivity index (χ1v) is 28.2. The van der Waals surface area contributed by atoms with E-state index in [9.17, 15) is 16.8 Å². The second-order valence-electron chi connectivity index (χ2n) is 17.5. The Kier molecular flexibility index (Phi) is 24.8. The fourth-order valence-electron chi connectivity index (χ4n) is 7.54. The van der Waals surface area contributed by atoms with E-state index in [0.717, 1.165) is 38.5 Å². The van der Waals surface area contributed by atoms with E-state index in [1.165, 1.54) is 114 Å². The maximum absolute atomic E-state index is 12.9. The Morgan fingerprint density at radius 1 is 0.386 bits per heavy atom. The maximum atomic E-state index is 12.9. The van der Waals surface area contributed by atoms with Crippen molar-refractivity contribution in [3.05, 3.63) is 144 Å². The molecule has 0 aliphatic carbocycles. The first kappa shape index (κ1) is 55.2. The van der Waals surface area contributed by atoms with Crippen LogP contribution < -0.4 is 20.4 Å². The predicted molar refractivity (Wildman–Crippen MR) is 283 cm³/mol. The molecule has 0 saturated carbocycles. The smallest absolute Gasteiger partial charge is 0.317 e. The number of nitrogens with one attached hydrogen (secondary N) is 2. The summed E-state index contributed by atoms with van der Waals surface area (Å²) in [4.78, 5) is -0.0329. The summed E-state index contributed by atoms with van der Waals surface area (Å²) in [7, 11) is -8.20. The second kappa shape index (κ2) is 31.5. The number of hydrogen-bond acceptors (Lipinski definition) is 10. The Balaban J connectivity index is 1.35. The van der Waals surface area contributed by atoms with Crippen molar-refractivity contribution in [3.63, 3.8) is 0 Å². The Bertz CT molecular complexity index is 2430. The molecule has 10 nitrogen and oxygen atoms in total. The topological polar surface area (TPSA) is 129 Å². The van der Waals surface area contributed by atoms with Gasteiger partial charge in [0.2, 0.25) is 0 Å². The molecule has 0 aliphatic heterocycles. The number of ether oxygens (including phenoxy) is 2. The molecule has 0 spiro atoms. The molecule has 5 rings (SSSR count). The quantitative estimate of drug-likeness (QED) is 0.0244.